The van der Waals surface area contributed by atoms with Crippen LogP contribution in [-0.4, -0.2) is 19.7 Å². The number of imidazole rings is 1. The highest BCUT2D eigenvalue weighted by Gasteiger charge is 2.22. The molecule has 3 rings (SSSR count). The summed E-state index contributed by atoms with van der Waals surface area (Å²) in [5.41, 5.74) is 2.43. The molecule has 0 spiro atoms. The maximum absolute atomic E-state index is 5.60. The minimum absolute atomic E-state index is 0.603. The molecule has 1 saturated carbocycles. The van der Waals surface area contributed by atoms with Crippen molar-refractivity contribution in [1.82, 2.24) is 19.7 Å². The van der Waals surface area contributed by atoms with Crippen molar-refractivity contribution in [2.24, 2.45) is 0 Å². The second kappa shape index (κ2) is 6.86. The fraction of sp³-hybridized carbons (Fsp3) is 0.688. The molecule has 0 amide bonds. The second-order valence-electron chi connectivity index (χ2n) is 5.96. The van der Waals surface area contributed by atoms with Crippen molar-refractivity contribution < 1.29 is 4.42 Å². The van der Waals surface area contributed by atoms with Crippen LogP contribution >= 0.6 is 11.8 Å². The van der Waals surface area contributed by atoms with E-state index in [2.05, 4.69) is 28.6 Å². The van der Waals surface area contributed by atoms with Crippen LogP contribution in [0.4, 0.5) is 0 Å². The molecule has 0 bridgehead atoms. The lowest BCUT2D eigenvalue weighted by atomic mass is 9.95. The molecule has 1 aliphatic carbocycles. The van der Waals surface area contributed by atoms with E-state index in [1.807, 2.05) is 6.92 Å². The average Bonchev–Trinajstić information content (AvgIpc) is 3.11. The van der Waals surface area contributed by atoms with E-state index in [-0.39, 0.29) is 0 Å². The lowest BCUT2D eigenvalue weighted by Gasteiger charge is -2.25. The first kappa shape index (κ1) is 15.6. The van der Waals surface area contributed by atoms with Gasteiger partial charge in [0.2, 0.25) is 11.8 Å². The van der Waals surface area contributed by atoms with E-state index in [1.54, 1.807) is 11.8 Å². The zero-order valence-electron chi connectivity index (χ0n) is 13.6. The molecule has 2 aromatic rings. The van der Waals surface area contributed by atoms with Gasteiger partial charge in [0.05, 0.1) is 11.4 Å². The highest BCUT2D eigenvalue weighted by atomic mass is 32.2. The van der Waals surface area contributed by atoms with Gasteiger partial charge >= 0.3 is 0 Å². The molecule has 0 aliphatic heterocycles. The average molecular weight is 320 g/mol. The van der Waals surface area contributed by atoms with E-state index >= 15 is 0 Å². The van der Waals surface area contributed by atoms with Crippen LogP contribution in [0.2, 0.25) is 0 Å². The zero-order valence-corrected chi connectivity index (χ0v) is 14.4. The third kappa shape index (κ3) is 3.21. The molecule has 6 heteroatoms. The lowest BCUT2D eigenvalue weighted by molar-refractivity contribution is 0.332. The standard InChI is InChI=1S/C16H24N4OS/c1-4-14-18-19-15(21-14)10-22-16-17-11(2)12(3)20(16)13-8-6-5-7-9-13/h13H,4-10H2,1-3H3. The van der Waals surface area contributed by atoms with Crippen molar-refractivity contribution >= 4 is 11.8 Å². The van der Waals surface area contributed by atoms with Crippen LogP contribution in [0.15, 0.2) is 9.57 Å². The van der Waals surface area contributed by atoms with Crippen molar-refractivity contribution in [3.63, 3.8) is 0 Å². The van der Waals surface area contributed by atoms with Gasteiger partial charge in [0.1, 0.15) is 0 Å². The fourth-order valence-corrected chi connectivity index (χ4v) is 4.08. The zero-order chi connectivity index (χ0) is 15.5. The summed E-state index contributed by atoms with van der Waals surface area (Å²) in [7, 11) is 0. The Balaban J connectivity index is 1.76. The Morgan fingerprint density at radius 1 is 1.14 bits per heavy atom. The summed E-state index contributed by atoms with van der Waals surface area (Å²) >= 11 is 1.71. The van der Waals surface area contributed by atoms with Gasteiger partial charge in [0, 0.05) is 18.2 Å². The van der Waals surface area contributed by atoms with Gasteiger partial charge in [0.25, 0.3) is 0 Å². The number of rotatable bonds is 5. The number of hydrogen-bond acceptors (Lipinski definition) is 5. The molecular weight excluding hydrogens is 296 g/mol. The Bertz CT molecular complexity index is 628. The first-order chi connectivity index (χ1) is 10.7. The van der Waals surface area contributed by atoms with Gasteiger partial charge in [0.15, 0.2) is 5.16 Å². The number of thioether (sulfide) groups is 1. The molecule has 5 nitrogen and oxygen atoms in total. The molecule has 1 aliphatic rings. The molecule has 120 valence electrons. The quantitative estimate of drug-likeness (QED) is 0.771. The third-order valence-electron chi connectivity index (χ3n) is 4.43. The summed E-state index contributed by atoms with van der Waals surface area (Å²) in [4.78, 5) is 4.76. The number of nitrogens with zero attached hydrogens (tertiary/aromatic N) is 4. The minimum Gasteiger partial charge on any atom is -0.424 e. The molecule has 0 aromatic carbocycles. The van der Waals surface area contributed by atoms with Crippen LogP contribution in [0, 0.1) is 13.8 Å². The van der Waals surface area contributed by atoms with Crippen LogP contribution < -0.4 is 0 Å². The first-order valence-corrected chi connectivity index (χ1v) is 9.17. The molecule has 2 aromatic heterocycles. The minimum atomic E-state index is 0.603. The van der Waals surface area contributed by atoms with Crippen molar-refractivity contribution in [3.8, 4) is 0 Å². The number of aromatic nitrogens is 4. The predicted octanol–water partition coefficient (Wildman–Crippen LogP) is 4.24. The molecule has 1 fully saturated rings. The predicted molar refractivity (Wildman–Crippen MR) is 87.1 cm³/mol. The smallest absolute Gasteiger partial charge is 0.226 e. The van der Waals surface area contributed by atoms with Gasteiger partial charge in [-0.2, -0.15) is 0 Å². The van der Waals surface area contributed by atoms with Crippen molar-refractivity contribution in [2.75, 3.05) is 0 Å². The van der Waals surface area contributed by atoms with Crippen LogP contribution in [0.5, 0.6) is 0 Å². The Kier molecular flexibility index (Phi) is 4.86. The van der Waals surface area contributed by atoms with Gasteiger partial charge < -0.3 is 8.98 Å². The first-order valence-electron chi connectivity index (χ1n) is 8.18. The lowest BCUT2D eigenvalue weighted by Crippen LogP contribution is -2.15. The Labute approximate surface area is 135 Å². The Morgan fingerprint density at radius 3 is 2.55 bits per heavy atom. The van der Waals surface area contributed by atoms with E-state index in [0.29, 0.717) is 23.6 Å². The molecule has 0 atom stereocenters. The fourth-order valence-electron chi connectivity index (χ4n) is 3.08. The molecule has 0 unspecified atom stereocenters. The number of aryl methyl sites for hydroxylation is 2. The summed E-state index contributed by atoms with van der Waals surface area (Å²) in [5, 5.41) is 9.22. The summed E-state index contributed by atoms with van der Waals surface area (Å²) < 4.78 is 8.04. The molecule has 0 N–H and O–H groups in total. The normalized spacial score (nSPS) is 16.3. The summed E-state index contributed by atoms with van der Waals surface area (Å²) in [6.07, 6.45) is 7.35. The number of hydrogen-bond donors (Lipinski definition) is 0. The second-order valence-corrected chi connectivity index (χ2v) is 6.90. The van der Waals surface area contributed by atoms with Crippen molar-refractivity contribution in [2.45, 2.75) is 76.2 Å². The van der Waals surface area contributed by atoms with Crippen LogP contribution in [-0.2, 0) is 12.2 Å². The van der Waals surface area contributed by atoms with Gasteiger partial charge in [-0.15, -0.1) is 10.2 Å². The molecule has 2 heterocycles. The largest absolute Gasteiger partial charge is 0.424 e. The topological polar surface area (TPSA) is 56.7 Å². The Morgan fingerprint density at radius 2 is 1.86 bits per heavy atom. The Hall–Kier alpha value is -1.30. The summed E-state index contributed by atoms with van der Waals surface area (Å²) in [6.45, 7) is 6.30. The van der Waals surface area contributed by atoms with E-state index in [0.717, 1.165) is 17.3 Å². The van der Waals surface area contributed by atoms with Crippen LogP contribution in [0.3, 0.4) is 0 Å². The highest BCUT2D eigenvalue weighted by molar-refractivity contribution is 7.98. The molecule has 22 heavy (non-hydrogen) atoms. The summed E-state index contributed by atoms with van der Waals surface area (Å²) in [5.74, 6) is 2.09. The van der Waals surface area contributed by atoms with E-state index < -0.39 is 0 Å². The van der Waals surface area contributed by atoms with Crippen molar-refractivity contribution in [3.05, 3.63) is 23.2 Å². The van der Waals surface area contributed by atoms with Crippen LogP contribution in [0.1, 0.15) is 68.2 Å². The summed E-state index contributed by atoms with van der Waals surface area (Å²) in [6, 6.07) is 0.603. The maximum Gasteiger partial charge on any atom is 0.226 e. The molecule has 0 saturated heterocycles. The van der Waals surface area contributed by atoms with Gasteiger partial charge in [-0.1, -0.05) is 37.9 Å². The van der Waals surface area contributed by atoms with E-state index in [1.165, 1.54) is 37.8 Å². The van der Waals surface area contributed by atoms with Crippen molar-refractivity contribution in [1.29, 1.82) is 0 Å². The monoisotopic (exact) mass is 320 g/mol. The molecule has 0 radical (unpaired) electrons. The third-order valence-corrected chi connectivity index (χ3v) is 5.37. The van der Waals surface area contributed by atoms with Gasteiger partial charge in [-0.3, -0.25) is 0 Å². The highest BCUT2D eigenvalue weighted by Crippen LogP contribution is 2.34. The molecular formula is C16H24N4OS. The van der Waals surface area contributed by atoms with Gasteiger partial charge in [-0.05, 0) is 26.7 Å². The van der Waals surface area contributed by atoms with Gasteiger partial charge in [-0.25, -0.2) is 4.98 Å². The van der Waals surface area contributed by atoms with E-state index in [4.69, 9.17) is 9.40 Å². The van der Waals surface area contributed by atoms with Crippen LogP contribution in [0.25, 0.3) is 0 Å². The maximum atomic E-state index is 5.60. The SMILES string of the molecule is CCc1nnc(CSc2nc(C)c(C)n2C2CCCCC2)o1. The van der Waals surface area contributed by atoms with E-state index in [9.17, 15) is 0 Å².